The molecule has 1 amide bonds. The van der Waals surface area contributed by atoms with Crippen molar-refractivity contribution in [3.63, 3.8) is 0 Å². The largest absolute Gasteiger partial charge is 0.355 e. The van der Waals surface area contributed by atoms with E-state index in [0.717, 1.165) is 0 Å². The van der Waals surface area contributed by atoms with Crippen LogP contribution in [0.15, 0.2) is 12.3 Å². The number of likely N-dealkylation sites (N-methyl/N-ethyl adjacent to an activating group) is 1. The summed E-state index contributed by atoms with van der Waals surface area (Å²) in [6.45, 7) is -0.129. The predicted molar refractivity (Wildman–Crippen MR) is 62.8 cm³/mol. The molecule has 0 radical (unpaired) electrons. The minimum absolute atomic E-state index is 0.0887. The van der Waals surface area contributed by atoms with Crippen LogP contribution in [0.1, 0.15) is 5.56 Å². The molecule has 1 aromatic rings. The third kappa shape index (κ3) is 2.91. The molecule has 8 heteroatoms. The standard InChI is InChI=1S/C10H11N5O3/c1-14(2)8(16)6-13-10-9(15(17)18)7(5-11)3-4-12-10/h3-4H,6H2,1-2H3,(H,12,13). The second-order valence-electron chi connectivity index (χ2n) is 3.57. The van der Waals surface area contributed by atoms with Gasteiger partial charge in [0.15, 0.2) is 0 Å². The first-order chi connectivity index (χ1) is 8.47. The first-order valence-electron chi connectivity index (χ1n) is 4.95. The Hall–Kier alpha value is -2.69. The van der Waals surface area contributed by atoms with Crippen LogP contribution >= 0.6 is 0 Å². The SMILES string of the molecule is CN(C)C(=O)CNc1nccc(C#N)c1[N+](=O)[O-]. The molecular formula is C10H11N5O3. The lowest BCUT2D eigenvalue weighted by Crippen LogP contribution is -2.29. The van der Waals surface area contributed by atoms with Crippen molar-refractivity contribution >= 4 is 17.4 Å². The molecule has 0 unspecified atom stereocenters. The fraction of sp³-hybridized carbons (Fsp3) is 0.300. The number of carbonyl (C=O) groups is 1. The molecule has 1 aromatic heterocycles. The third-order valence-electron chi connectivity index (χ3n) is 2.13. The van der Waals surface area contributed by atoms with Crippen LogP contribution in [0.4, 0.5) is 11.5 Å². The molecule has 0 saturated carbocycles. The lowest BCUT2D eigenvalue weighted by Gasteiger charge is -2.11. The summed E-state index contributed by atoms with van der Waals surface area (Å²) in [5.41, 5.74) is -0.527. The number of nitrogens with one attached hydrogen (secondary N) is 1. The number of nitrogens with zero attached hydrogens (tertiary/aromatic N) is 4. The van der Waals surface area contributed by atoms with Crippen LogP contribution in [0.3, 0.4) is 0 Å². The van der Waals surface area contributed by atoms with Gasteiger partial charge in [0.25, 0.3) is 0 Å². The second-order valence-corrected chi connectivity index (χ2v) is 3.57. The van der Waals surface area contributed by atoms with Crippen molar-refractivity contribution in [2.24, 2.45) is 0 Å². The summed E-state index contributed by atoms with van der Waals surface area (Å²) in [6, 6.07) is 2.96. The lowest BCUT2D eigenvalue weighted by atomic mass is 10.2. The van der Waals surface area contributed by atoms with Crippen molar-refractivity contribution in [3.8, 4) is 6.07 Å². The van der Waals surface area contributed by atoms with E-state index >= 15 is 0 Å². The van der Waals surface area contributed by atoms with E-state index in [1.807, 2.05) is 0 Å². The highest BCUT2D eigenvalue weighted by Crippen LogP contribution is 2.25. The van der Waals surface area contributed by atoms with E-state index in [2.05, 4.69) is 10.3 Å². The van der Waals surface area contributed by atoms with Crippen molar-refractivity contribution in [2.75, 3.05) is 26.0 Å². The monoisotopic (exact) mass is 249 g/mol. The van der Waals surface area contributed by atoms with E-state index < -0.39 is 10.6 Å². The Labute approximate surface area is 103 Å². The van der Waals surface area contributed by atoms with Crippen LogP contribution in [0.2, 0.25) is 0 Å². The quantitative estimate of drug-likeness (QED) is 0.609. The Balaban J connectivity index is 3.00. The summed E-state index contributed by atoms with van der Waals surface area (Å²) in [5.74, 6) is -0.345. The first kappa shape index (κ1) is 13.4. The van der Waals surface area contributed by atoms with Crippen LogP contribution < -0.4 is 5.32 Å². The normalized spacial score (nSPS) is 9.39. The maximum absolute atomic E-state index is 11.4. The van der Waals surface area contributed by atoms with Gasteiger partial charge in [-0.1, -0.05) is 0 Å². The lowest BCUT2D eigenvalue weighted by molar-refractivity contribution is -0.384. The first-order valence-corrected chi connectivity index (χ1v) is 4.95. The maximum atomic E-state index is 11.4. The summed E-state index contributed by atoms with van der Waals surface area (Å²) in [4.78, 5) is 26.6. The Morgan fingerprint density at radius 2 is 2.33 bits per heavy atom. The van der Waals surface area contributed by atoms with E-state index in [9.17, 15) is 14.9 Å². The minimum atomic E-state index is -0.700. The Morgan fingerprint density at radius 3 is 2.83 bits per heavy atom. The molecule has 0 aliphatic carbocycles. The fourth-order valence-electron chi connectivity index (χ4n) is 1.18. The van der Waals surface area contributed by atoms with Gasteiger partial charge in [-0.25, -0.2) is 4.98 Å². The summed E-state index contributed by atoms with van der Waals surface area (Å²) < 4.78 is 0. The molecular weight excluding hydrogens is 238 g/mol. The molecule has 0 aliphatic rings. The number of nitro groups is 1. The van der Waals surface area contributed by atoms with Crippen LogP contribution in [-0.2, 0) is 4.79 Å². The van der Waals surface area contributed by atoms with Crippen LogP contribution in [0.25, 0.3) is 0 Å². The van der Waals surface area contributed by atoms with Gasteiger partial charge in [0, 0.05) is 20.3 Å². The number of pyridine rings is 1. The molecule has 0 aliphatic heterocycles. The third-order valence-corrected chi connectivity index (χ3v) is 2.13. The van der Waals surface area contributed by atoms with Crippen LogP contribution in [-0.4, -0.2) is 41.4 Å². The number of anilines is 1. The van der Waals surface area contributed by atoms with Gasteiger partial charge in [-0.05, 0) is 6.07 Å². The molecule has 0 saturated heterocycles. The van der Waals surface area contributed by atoms with E-state index in [4.69, 9.17) is 5.26 Å². The Kier molecular flexibility index (Phi) is 4.15. The van der Waals surface area contributed by atoms with Gasteiger partial charge in [0.05, 0.1) is 11.5 Å². The van der Waals surface area contributed by atoms with Crippen molar-refractivity contribution in [1.82, 2.24) is 9.88 Å². The van der Waals surface area contributed by atoms with E-state index in [1.54, 1.807) is 20.2 Å². The molecule has 18 heavy (non-hydrogen) atoms. The molecule has 0 spiro atoms. The molecule has 0 aromatic carbocycles. The van der Waals surface area contributed by atoms with E-state index in [-0.39, 0.29) is 23.8 Å². The highest BCUT2D eigenvalue weighted by molar-refractivity contribution is 5.81. The number of nitriles is 1. The number of amides is 1. The molecule has 0 fully saturated rings. The van der Waals surface area contributed by atoms with Crippen molar-refractivity contribution < 1.29 is 9.72 Å². The van der Waals surface area contributed by atoms with Gasteiger partial charge in [0.2, 0.25) is 11.7 Å². The van der Waals surface area contributed by atoms with Gasteiger partial charge in [0.1, 0.15) is 11.6 Å². The molecule has 1 N–H and O–H groups in total. The zero-order valence-electron chi connectivity index (χ0n) is 9.88. The zero-order valence-corrected chi connectivity index (χ0v) is 9.88. The fourth-order valence-corrected chi connectivity index (χ4v) is 1.18. The van der Waals surface area contributed by atoms with Crippen molar-refractivity contribution in [3.05, 3.63) is 27.9 Å². The number of aromatic nitrogens is 1. The molecule has 1 rings (SSSR count). The van der Waals surface area contributed by atoms with Gasteiger partial charge < -0.3 is 10.2 Å². The molecule has 1 heterocycles. The summed E-state index contributed by atoms with van der Waals surface area (Å²) >= 11 is 0. The molecule has 8 nitrogen and oxygen atoms in total. The summed E-state index contributed by atoms with van der Waals surface area (Å²) in [5, 5.41) is 22.2. The van der Waals surface area contributed by atoms with Gasteiger partial charge in [-0.2, -0.15) is 5.26 Å². The van der Waals surface area contributed by atoms with Gasteiger partial charge in [-0.15, -0.1) is 0 Å². The highest BCUT2D eigenvalue weighted by atomic mass is 16.6. The molecule has 0 atom stereocenters. The van der Waals surface area contributed by atoms with Gasteiger partial charge in [-0.3, -0.25) is 14.9 Å². The summed E-state index contributed by atoms with van der Waals surface area (Å²) in [7, 11) is 3.13. The zero-order chi connectivity index (χ0) is 13.7. The number of hydrogen-bond donors (Lipinski definition) is 1. The average Bonchev–Trinajstić information content (AvgIpc) is 2.34. The highest BCUT2D eigenvalue weighted by Gasteiger charge is 2.21. The Morgan fingerprint density at radius 1 is 1.67 bits per heavy atom. The Bertz CT molecular complexity index is 521. The van der Waals surface area contributed by atoms with Crippen LogP contribution in [0, 0.1) is 21.4 Å². The second kappa shape index (κ2) is 5.58. The topological polar surface area (TPSA) is 112 Å². The van der Waals surface area contributed by atoms with Crippen molar-refractivity contribution in [1.29, 1.82) is 5.26 Å². The number of hydrogen-bond acceptors (Lipinski definition) is 6. The molecule has 0 bridgehead atoms. The van der Waals surface area contributed by atoms with E-state index in [1.165, 1.54) is 17.2 Å². The van der Waals surface area contributed by atoms with Crippen LogP contribution in [0.5, 0.6) is 0 Å². The van der Waals surface area contributed by atoms with Gasteiger partial charge >= 0.3 is 5.69 Å². The minimum Gasteiger partial charge on any atom is -0.355 e. The number of carbonyl (C=O) groups excluding carboxylic acids is 1. The van der Waals surface area contributed by atoms with E-state index in [0.29, 0.717) is 0 Å². The smallest absolute Gasteiger partial charge is 0.328 e. The number of rotatable bonds is 4. The molecule has 94 valence electrons. The predicted octanol–water partition coefficient (Wildman–Crippen LogP) is 0.362. The van der Waals surface area contributed by atoms with Crippen molar-refractivity contribution in [2.45, 2.75) is 0 Å². The average molecular weight is 249 g/mol. The summed E-state index contributed by atoms with van der Waals surface area (Å²) in [6.07, 6.45) is 1.27. The maximum Gasteiger partial charge on any atom is 0.328 e.